The molecule has 4 saturated carbocycles. The Bertz CT molecular complexity index is 1380. The van der Waals surface area contributed by atoms with E-state index in [2.05, 4.69) is 10.3 Å². The molecule has 8 heteroatoms. The summed E-state index contributed by atoms with van der Waals surface area (Å²) >= 11 is 0. The van der Waals surface area contributed by atoms with Gasteiger partial charge in [0, 0.05) is 48.1 Å². The number of ether oxygens (including phenoxy) is 1. The molecule has 0 unspecified atom stereocenters. The van der Waals surface area contributed by atoms with E-state index in [9.17, 15) is 14.4 Å². The standard InChI is InChI=1S/C28H31N3O5/c1-31-14-22(20-6-7-29-26(20)28(31)35)21-13-19(30-24(32)4-5-25(33)34)2-3-23(21)36-27-17-9-15-8-16(11-17)12-18(27)10-15/h2-3,6-7,13-18,27,29H,4-5,8-12H2,1H3,(H,30,32)(H,33,34). The van der Waals surface area contributed by atoms with Crippen molar-refractivity contribution in [2.24, 2.45) is 30.7 Å². The number of carbonyl (C=O) groups excluding carboxylic acids is 1. The second-order valence-corrected chi connectivity index (χ2v) is 10.9. The number of H-pyrrole nitrogens is 1. The van der Waals surface area contributed by atoms with E-state index in [4.69, 9.17) is 9.84 Å². The molecule has 0 spiro atoms. The number of aromatic amines is 1. The van der Waals surface area contributed by atoms with Crippen LogP contribution in [0.25, 0.3) is 22.0 Å². The van der Waals surface area contributed by atoms with Gasteiger partial charge >= 0.3 is 5.97 Å². The lowest BCUT2D eigenvalue weighted by Gasteiger charge is -2.53. The minimum absolute atomic E-state index is 0.0986. The van der Waals surface area contributed by atoms with Crippen LogP contribution >= 0.6 is 0 Å². The Morgan fingerprint density at radius 1 is 1.06 bits per heavy atom. The summed E-state index contributed by atoms with van der Waals surface area (Å²) in [6.45, 7) is 0. The van der Waals surface area contributed by atoms with Gasteiger partial charge in [0.1, 0.15) is 17.4 Å². The molecule has 0 atom stereocenters. The molecular formula is C28H31N3O5. The van der Waals surface area contributed by atoms with Gasteiger partial charge in [0.05, 0.1) is 6.42 Å². The van der Waals surface area contributed by atoms with Crippen LogP contribution in [0.15, 0.2) is 41.5 Å². The number of carboxylic acid groups (broad SMARTS) is 1. The molecule has 0 radical (unpaired) electrons. The zero-order valence-electron chi connectivity index (χ0n) is 20.3. The molecule has 1 amide bonds. The third-order valence-corrected chi connectivity index (χ3v) is 8.42. The zero-order chi connectivity index (χ0) is 25.0. The number of carboxylic acids is 1. The Morgan fingerprint density at radius 2 is 1.78 bits per heavy atom. The van der Waals surface area contributed by atoms with E-state index in [0.717, 1.165) is 34.1 Å². The molecule has 7 rings (SSSR count). The Morgan fingerprint density at radius 3 is 2.47 bits per heavy atom. The topological polar surface area (TPSA) is 113 Å². The highest BCUT2D eigenvalue weighted by molar-refractivity contribution is 5.98. The summed E-state index contributed by atoms with van der Waals surface area (Å²) in [5.41, 5.74) is 2.62. The van der Waals surface area contributed by atoms with Gasteiger partial charge in [0.25, 0.3) is 5.56 Å². The zero-order valence-corrected chi connectivity index (χ0v) is 20.3. The lowest BCUT2D eigenvalue weighted by Crippen LogP contribution is -2.50. The number of hydrogen-bond acceptors (Lipinski definition) is 4. The summed E-state index contributed by atoms with van der Waals surface area (Å²) in [4.78, 5) is 38.9. The van der Waals surface area contributed by atoms with Crippen molar-refractivity contribution in [1.29, 1.82) is 0 Å². The number of carbonyl (C=O) groups is 2. The van der Waals surface area contributed by atoms with Crippen LogP contribution < -0.4 is 15.6 Å². The van der Waals surface area contributed by atoms with Crippen molar-refractivity contribution in [3.63, 3.8) is 0 Å². The summed E-state index contributed by atoms with van der Waals surface area (Å²) in [5.74, 6) is 2.23. The van der Waals surface area contributed by atoms with Gasteiger partial charge in [-0.3, -0.25) is 14.4 Å². The summed E-state index contributed by atoms with van der Waals surface area (Å²) in [6.07, 6.45) is 9.78. The fourth-order valence-electron chi connectivity index (χ4n) is 7.06. The Hall–Kier alpha value is -3.55. The van der Waals surface area contributed by atoms with Crippen molar-refractivity contribution in [2.75, 3.05) is 5.32 Å². The minimum Gasteiger partial charge on any atom is -0.489 e. The molecular weight excluding hydrogens is 458 g/mol. The molecule has 188 valence electrons. The number of aromatic nitrogens is 2. The van der Waals surface area contributed by atoms with Gasteiger partial charge in [-0.1, -0.05) is 0 Å². The minimum atomic E-state index is -1.01. The largest absolute Gasteiger partial charge is 0.489 e. The SMILES string of the molecule is Cn1cc(-c2cc(NC(=O)CCC(=O)O)ccc2OC2C3CC4CC(C3)CC2C4)c2cc[nH]c2c1=O. The Labute approximate surface area is 208 Å². The first-order valence-electron chi connectivity index (χ1n) is 12.8. The highest BCUT2D eigenvalue weighted by atomic mass is 16.5. The molecule has 4 bridgehead atoms. The highest BCUT2D eigenvalue weighted by Gasteiger charge is 2.49. The van der Waals surface area contributed by atoms with Crippen LogP contribution in [0.1, 0.15) is 44.9 Å². The number of aliphatic carboxylic acids is 1. The normalized spacial score (nSPS) is 26.3. The Balaban J connectivity index is 1.38. The van der Waals surface area contributed by atoms with E-state index in [-0.39, 0.29) is 30.4 Å². The molecule has 0 aliphatic heterocycles. The van der Waals surface area contributed by atoms with Crippen molar-refractivity contribution >= 4 is 28.5 Å². The summed E-state index contributed by atoms with van der Waals surface area (Å²) in [5, 5.41) is 12.5. The average molecular weight is 490 g/mol. The number of nitrogens with one attached hydrogen (secondary N) is 2. The summed E-state index contributed by atoms with van der Waals surface area (Å²) in [7, 11) is 1.72. The van der Waals surface area contributed by atoms with E-state index >= 15 is 0 Å². The molecule has 1 aromatic carbocycles. The number of amides is 1. The molecule has 2 heterocycles. The van der Waals surface area contributed by atoms with E-state index in [1.807, 2.05) is 30.5 Å². The van der Waals surface area contributed by atoms with Gasteiger partial charge in [-0.15, -0.1) is 0 Å². The molecule has 4 aliphatic rings. The van der Waals surface area contributed by atoms with Crippen molar-refractivity contribution in [1.82, 2.24) is 9.55 Å². The van der Waals surface area contributed by atoms with Crippen LogP contribution in [0.5, 0.6) is 5.75 Å². The number of aryl methyl sites for hydroxylation is 1. The first-order chi connectivity index (χ1) is 17.4. The average Bonchev–Trinajstić information content (AvgIpc) is 3.33. The van der Waals surface area contributed by atoms with Crippen molar-refractivity contribution in [2.45, 2.75) is 51.0 Å². The van der Waals surface area contributed by atoms with Gasteiger partial charge < -0.3 is 24.7 Å². The van der Waals surface area contributed by atoms with Crippen LogP contribution in [0.2, 0.25) is 0 Å². The van der Waals surface area contributed by atoms with E-state index in [1.54, 1.807) is 17.8 Å². The van der Waals surface area contributed by atoms with Crippen LogP contribution in [-0.2, 0) is 16.6 Å². The molecule has 0 saturated heterocycles. The number of pyridine rings is 1. The van der Waals surface area contributed by atoms with Gasteiger partial charge in [0.2, 0.25) is 5.91 Å². The summed E-state index contributed by atoms with van der Waals surface area (Å²) in [6, 6.07) is 7.47. The monoisotopic (exact) mass is 489 g/mol. The maximum Gasteiger partial charge on any atom is 0.303 e. The fourth-order valence-corrected chi connectivity index (χ4v) is 7.06. The van der Waals surface area contributed by atoms with Gasteiger partial charge in [-0.2, -0.15) is 0 Å². The first-order valence-corrected chi connectivity index (χ1v) is 12.8. The van der Waals surface area contributed by atoms with Crippen LogP contribution in [0.4, 0.5) is 5.69 Å². The van der Waals surface area contributed by atoms with E-state index in [1.165, 1.54) is 32.1 Å². The molecule has 2 aromatic heterocycles. The number of nitrogens with zero attached hydrogens (tertiary/aromatic N) is 1. The number of rotatable bonds is 7. The van der Waals surface area contributed by atoms with Crippen molar-refractivity contribution < 1.29 is 19.4 Å². The number of fused-ring (bicyclic) bond motifs is 1. The first kappa shape index (κ1) is 22.9. The quantitative estimate of drug-likeness (QED) is 0.451. The maximum absolute atomic E-state index is 12.7. The number of hydrogen-bond donors (Lipinski definition) is 3. The van der Waals surface area contributed by atoms with Crippen molar-refractivity contribution in [3.8, 4) is 16.9 Å². The van der Waals surface area contributed by atoms with E-state index < -0.39 is 5.97 Å². The molecule has 8 nitrogen and oxygen atoms in total. The van der Waals surface area contributed by atoms with Crippen molar-refractivity contribution in [3.05, 3.63) is 47.0 Å². The second kappa shape index (κ2) is 8.84. The molecule has 3 N–H and O–H groups in total. The Kier molecular flexibility index (Phi) is 5.62. The predicted molar refractivity (Wildman–Crippen MR) is 136 cm³/mol. The van der Waals surface area contributed by atoms with Crippen LogP contribution in [-0.4, -0.2) is 32.6 Å². The molecule has 4 fully saturated rings. The third-order valence-electron chi connectivity index (χ3n) is 8.42. The van der Waals surface area contributed by atoms with Crippen LogP contribution in [0, 0.1) is 23.7 Å². The maximum atomic E-state index is 12.7. The summed E-state index contributed by atoms with van der Waals surface area (Å²) < 4.78 is 8.38. The third kappa shape index (κ3) is 4.08. The second-order valence-electron chi connectivity index (χ2n) is 10.9. The fraction of sp³-hybridized carbons (Fsp3) is 0.464. The smallest absolute Gasteiger partial charge is 0.303 e. The lowest BCUT2D eigenvalue weighted by molar-refractivity contribution is -0.138. The van der Waals surface area contributed by atoms with Crippen LogP contribution in [0.3, 0.4) is 0 Å². The molecule has 36 heavy (non-hydrogen) atoms. The van der Waals surface area contributed by atoms with Gasteiger partial charge in [-0.25, -0.2) is 0 Å². The van der Waals surface area contributed by atoms with E-state index in [0.29, 0.717) is 23.0 Å². The molecule has 4 aliphatic carbocycles. The van der Waals surface area contributed by atoms with Gasteiger partial charge in [0.15, 0.2) is 0 Å². The molecule has 3 aromatic rings. The lowest BCUT2D eigenvalue weighted by atomic mass is 9.55. The number of benzene rings is 1. The predicted octanol–water partition coefficient (Wildman–Crippen LogP) is 4.54. The highest BCUT2D eigenvalue weighted by Crippen LogP contribution is 2.55. The number of anilines is 1. The van der Waals surface area contributed by atoms with Gasteiger partial charge in [-0.05, 0) is 80.0 Å².